The second kappa shape index (κ2) is 5.52. The highest BCUT2D eigenvalue weighted by atomic mass is 16.3. The largest absolute Gasteiger partial charge is 0.379 e. The number of hydrogen-bond donors (Lipinski definition) is 3. The first-order chi connectivity index (χ1) is 5.07. The summed E-state index contributed by atoms with van der Waals surface area (Å²) >= 11 is 0. The zero-order chi connectivity index (χ0) is 8.85. The van der Waals surface area contributed by atoms with Gasteiger partial charge in [0.25, 0.3) is 0 Å². The molecular weight excluding hydrogens is 140 g/mol. The minimum absolute atomic E-state index is 0.0871. The Morgan fingerprint density at radius 3 is 2.36 bits per heavy atom. The normalized spacial score (nSPS) is 16.9. The first-order valence-corrected chi connectivity index (χ1v) is 4.25. The van der Waals surface area contributed by atoms with Crippen LogP contribution in [-0.2, 0) is 0 Å². The van der Waals surface area contributed by atoms with Crippen molar-refractivity contribution in [2.24, 2.45) is 11.7 Å². The molecule has 2 atom stereocenters. The van der Waals surface area contributed by atoms with Crippen molar-refractivity contribution in [3.05, 3.63) is 0 Å². The number of aliphatic hydroxyl groups excluding tert-OH is 1. The highest BCUT2D eigenvalue weighted by molar-refractivity contribution is 4.68. The predicted octanol–water partition coefficient (Wildman–Crippen LogP) is 0.288. The van der Waals surface area contributed by atoms with Crippen LogP contribution in [0.4, 0.5) is 0 Å². The van der Waals surface area contributed by atoms with E-state index in [1.807, 2.05) is 6.92 Å². The van der Waals surface area contributed by atoms with E-state index >= 15 is 0 Å². The van der Waals surface area contributed by atoms with E-state index in [1.54, 1.807) is 0 Å². The van der Waals surface area contributed by atoms with Crippen molar-refractivity contribution in [1.82, 2.24) is 5.32 Å². The van der Waals surface area contributed by atoms with Gasteiger partial charge in [0.1, 0.15) is 6.23 Å². The molecule has 11 heavy (non-hydrogen) atoms. The van der Waals surface area contributed by atoms with Gasteiger partial charge in [-0.1, -0.05) is 20.8 Å². The Hall–Kier alpha value is -0.120. The second-order valence-corrected chi connectivity index (χ2v) is 3.22. The van der Waals surface area contributed by atoms with Crippen LogP contribution in [0.5, 0.6) is 0 Å². The van der Waals surface area contributed by atoms with Gasteiger partial charge in [0.05, 0.1) is 0 Å². The predicted molar refractivity (Wildman–Crippen MR) is 47.1 cm³/mol. The van der Waals surface area contributed by atoms with Crippen molar-refractivity contribution in [2.75, 3.05) is 6.54 Å². The summed E-state index contributed by atoms with van der Waals surface area (Å²) in [5.74, 6) is 0.434. The summed E-state index contributed by atoms with van der Waals surface area (Å²) in [4.78, 5) is 0. The van der Waals surface area contributed by atoms with Crippen LogP contribution in [0.3, 0.4) is 0 Å². The number of hydrogen-bond acceptors (Lipinski definition) is 3. The molecular formula is C8H20N2O. The van der Waals surface area contributed by atoms with Crippen molar-refractivity contribution >= 4 is 0 Å². The highest BCUT2D eigenvalue weighted by Crippen LogP contribution is 2.04. The molecule has 0 spiro atoms. The number of nitrogens with two attached hydrogens (primary N) is 1. The average molecular weight is 160 g/mol. The molecule has 2 unspecified atom stereocenters. The average Bonchev–Trinajstić information content (AvgIpc) is 1.87. The van der Waals surface area contributed by atoms with E-state index in [9.17, 15) is 5.11 Å². The van der Waals surface area contributed by atoms with E-state index in [0.717, 1.165) is 6.54 Å². The van der Waals surface area contributed by atoms with E-state index in [4.69, 9.17) is 5.73 Å². The number of rotatable bonds is 5. The Morgan fingerprint density at radius 2 is 2.00 bits per heavy atom. The zero-order valence-electron chi connectivity index (χ0n) is 7.67. The molecule has 0 radical (unpaired) electrons. The molecule has 0 saturated heterocycles. The van der Waals surface area contributed by atoms with Gasteiger partial charge in [-0.05, 0) is 12.5 Å². The van der Waals surface area contributed by atoms with Gasteiger partial charge in [0.2, 0.25) is 0 Å². The van der Waals surface area contributed by atoms with Crippen molar-refractivity contribution < 1.29 is 5.11 Å². The van der Waals surface area contributed by atoms with Gasteiger partial charge in [0, 0.05) is 12.5 Å². The van der Waals surface area contributed by atoms with Crippen LogP contribution in [-0.4, -0.2) is 23.9 Å². The smallest absolute Gasteiger partial charge is 0.106 e. The minimum atomic E-state index is -0.447. The monoisotopic (exact) mass is 160 g/mol. The maximum absolute atomic E-state index is 9.28. The number of nitrogens with one attached hydrogen (secondary N) is 1. The molecule has 0 bridgehead atoms. The van der Waals surface area contributed by atoms with Crippen LogP contribution in [0, 0.1) is 5.92 Å². The van der Waals surface area contributed by atoms with Gasteiger partial charge in [-0.3, -0.25) is 5.32 Å². The van der Waals surface area contributed by atoms with Crippen LogP contribution in [0.1, 0.15) is 27.2 Å². The van der Waals surface area contributed by atoms with E-state index in [1.165, 1.54) is 0 Å². The van der Waals surface area contributed by atoms with Crippen LogP contribution in [0.25, 0.3) is 0 Å². The molecule has 0 aliphatic heterocycles. The SMILES string of the molecule is CCNC(O)CC(N)C(C)C. The van der Waals surface area contributed by atoms with Crippen molar-refractivity contribution in [2.45, 2.75) is 39.5 Å². The summed E-state index contributed by atoms with van der Waals surface area (Å²) in [6.07, 6.45) is 0.184. The molecule has 3 nitrogen and oxygen atoms in total. The Labute approximate surface area is 69.0 Å². The topological polar surface area (TPSA) is 58.3 Å². The molecule has 0 fully saturated rings. The van der Waals surface area contributed by atoms with Crippen LogP contribution in [0.2, 0.25) is 0 Å². The lowest BCUT2D eigenvalue weighted by molar-refractivity contribution is 0.116. The summed E-state index contributed by atoms with van der Waals surface area (Å²) < 4.78 is 0. The summed E-state index contributed by atoms with van der Waals surface area (Å²) in [5.41, 5.74) is 5.75. The first-order valence-electron chi connectivity index (χ1n) is 4.25. The van der Waals surface area contributed by atoms with Crippen LogP contribution < -0.4 is 11.1 Å². The van der Waals surface area contributed by atoms with Gasteiger partial charge in [0.15, 0.2) is 0 Å². The Bertz CT molecular complexity index is 96.1. The Morgan fingerprint density at radius 1 is 1.45 bits per heavy atom. The maximum atomic E-state index is 9.28. The van der Waals surface area contributed by atoms with Gasteiger partial charge in [-0.15, -0.1) is 0 Å². The minimum Gasteiger partial charge on any atom is -0.379 e. The van der Waals surface area contributed by atoms with Crippen molar-refractivity contribution in [3.63, 3.8) is 0 Å². The summed E-state index contributed by atoms with van der Waals surface area (Å²) in [6.45, 7) is 6.86. The third kappa shape index (κ3) is 5.18. The summed E-state index contributed by atoms with van der Waals surface area (Å²) in [6, 6.07) is 0.0871. The molecule has 68 valence electrons. The third-order valence-corrected chi connectivity index (χ3v) is 1.79. The lowest BCUT2D eigenvalue weighted by atomic mass is 10.0. The van der Waals surface area contributed by atoms with Gasteiger partial charge < -0.3 is 10.8 Å². The maximum Gasteiger partial charge on any atom is 0.106 e. The van der Waals surface area contributed by atoms with Crippen molar-refractivity contribution in [3.8, 4) is 0 Å². The number of aliphatic hydroxyl groups is 1. The molecule has 0 aromatic heterocycles. The molecule has 0 aromatic rings. The Balaban J connectivity index is 3.48. The zero-order valence-corrected chi connectivity index (χ0v) is 7.67. The molecule has 0 rings (SSSR count). The van der Waals surface area contributed by atoms with Gasteiger partial charge in [-0.2, -0.15) is 0 Å². The standard InChI is InChI=1S/C8H20N2O/c1-4-10-8(11)5-7(9)6(2)3/h6-8,10-11H,4-5,9H2,1-3H3. The summed E-state index contributed by atoms with van der Waals surface area (Å²) in [7, 11) is 0. The molecule has 0 aromatic carbocycles. The van der Waals surface area contributed by atoms with Gasteiger partial charge in [-0.25, -0.2) is 0 Å². The van der Waals surface area contributed by atoms with Crippen LogP contribution >= 0.6 is 0 Å². The van der Waals surface area contributed by atoms with E-state index in [2.05, 4.69) is 19.2 Å². The van der Waals surface area contributed by atoms with Gasteiger partial charge >= 0.3 is 0 Å². The van der Waals surface area contributed by atoms with E-state index < -0.39 is 6.23 Å². The Kier molecular flexibility index (Phi) is 5.46. The highest BCUT2D eigenvalue weighted by Gasteiger charge is 2.11. The molecule has 3 heteroatoms. The second-order valence-electron chi connectivity index (χ2n) is 3.22. The lowest BCUT2D eigenvalue weighted by Gasteiger charge is -2.19. The fourth-order valence-corrected chi connectivity index (χ4v) is 0.849. The van der Waals surface area contributed by atoms with E-state index in [-0.39, 0.29) is 6.04 Å². The molecule has 4 N–H and O–H groups in total. The quantitative estimate of drug-likeness (QED) is 0.507. The van der Waals surface area contributed by atoms with Crippen LogP contribution in [0.15, 0.2) is 0 Å². The van der Waals surface area contributed by atoms with Crippen molar-refractivity contribution in [1.29, 1.82) is 0 Å². The summed E-state index contributed by atoms with van der Waals surface area (Å²) in [5, 5.41) is 12.2. The molecule has 0 aliphatic carbocycles. The molecule has 0 saturated carbocycles. The first kappa shape index (κ1) is 10.9. The molecule has 0 aliphatic rings. The fourth-order valence-electron chi connectivity index (χ4n) is 0.849. The molecule has 0 amide bonds. The molecule has 0 heterocycles. The lowest BCUT2D eigenvalue weighted by Crippen LogP contribution is -2.37. The third-order valence-electron chi connectivity index (χ3n) is 1.79. The van der Waals surface area contributed by atoms with E-state index in [0.29, 0.717) is 12.3 Å². The fraction of sp³-hybridized carbons (Fsp3) is 1.00.